The van der Waals surface area contributed by atoms with Crippen LogP contribution in [0.5, 0.6) is 0 Å². The molecule has 0 saturated carbocycles. The zero-order valence-corrected chi connectivity index (χ0v) is 13.4. The molecule has 2 fully saturated rings. The van der Waals surface area contributed by atoms with Crippen LogP contribution in [0, 0.1) is 0 Å². The molecule has 0 atom stereocenters. The third-order valence-electron chi connectivity index (χ3n) is 4.49. The van der Waals surface area contributed by atoms with Gasteiger partial charge in [0.1, 0.15) is 0 Å². The summed E-state index contributed by atoms with van der Waals surface area (Å²) >= 11 is 0. The summed E-state index contributed by atoms with van der Waals surface area (Å²) in [5.41, 5.74) is 0. The van der Waals surface area contributed by atoms with Crippen LogP contribution in [0.2, 0.25) is 0 Å². The first-order valence-electron chi connectivity index (χ1n) is 8.36. The highest BCUT2D eigenvalue weighted by molar-refractivity contribution is 4.89. The maximum atomic E-state index is 2.55. The molecule has 2 heterocycles. The first-order chi connectivity index (χ1) is 9.81. The van der Waals surface area contributed by atoms with Crippen LogP contribution in [-0.4, -0.2) is 85.3 Å². The van der Waals surface area contributed by atoms with Crippen molar-refractivity contribution in [3.8, 4) is 0 Å². The summed E-state index contributed by atoms with van der Waals surface area (Å²) in [6.07, 6.45) is 7.37. The van der Waals surface area contributed by atoms with Crippen LogP contribution in [-0.2, 0) is 0 Å². The zero-order chi connectivity index (χ0) is 14.2. The first kappa shape index (κ1) is 16.0. The molecule has 4 nitrogen and oxygen atoms in total. The highest BCUT2D eigenvalue weighted by Crippen LogP contribution is 2.06. The van der Waals surface area contributed by atoms with Gasteiger partial charge in [0.05, 0.1) is 13.3 Å². The fourth-order valence-electron chi connectivity index (χ4n) is 3.15. The van der Waals surface area contributed by atoms with Crippen molar-refractivity contribution in [3.05, 3.63) is 12.2 Å². The summed E-state index contributed by atoms with van der Waals surface area (Å²) < 4.78 is 0. The summed E-state index contributed by atoms with van der Waals surface area (Å²) in [4.78, 5) is 10.2. The molecule has 0 amide bonds. The van der Waals surface area contributed by atoms with Gasteiger partial charge in [-0.25, -0.2) is 0 Å². The number of hydrogen-bond donors (Lipinski definition) is 0. The topological polar surface area (TPSA) is 13.0 Å². The molecule has 4 heteroatoms. The van der Waals surface area contributed by atoms with E-state index in [0.29, 0.717) is 0 Å². The van der Waals surface area contributed by atoms with Gasteiger partial charge in [-0.3, -0.25) is 19.6 Å². The van der Waals surface area contributed by atoms with Gasteiger partial charge >= 0.3 is 0 Å². The van der Waals surface area contributed by atoms with Crippen molar-refractivity contribution >= 4 is 0 Å². The van der Waals surface area contributed by atoms with Crippen LogP contribution in [0.3, 0.4) is 0 Å². The van der Waals surface area contributed by atoms with Crippen LogP contribution in [0.15, 0.2) is 12.2 Å². The van der Waals surface area contributed by atoms with Crippen LogP contribution >= 0.6 is 0 Å². The van der Waals surface area contributed by atoms with Gasteiger partial charge < -0.3 is 0 Å². The molecule has 0 aliphatic carbocycles. The van der Waals surface area contributed by atoms with Gasteiger partial charge in [-0.2, -0.15) is 0 Å². The number of rotatable bonds is 6. The summed E-state index contributed by atoms with van der Waals surface area (Å²) in [6, 6.07) is 0. The second-order valence-corrected chi connectivity index (χ2v) is 6.04. The molecule has 0 spiro atoms. The Labute approximate surface area is 125 Å². The van der Waals surface area contributed by atoms with Crippen molar-refractivity contribution in [2.24, 2.45) is 0 Å². The van der Waals surface area contributed by atoms with E-state index >= 15 is 0 Å². The molecule has 2 saturated heterocycles. The lowest BCUT2D eigenvalue weighted by Crippen LogP contribution is -2.45. The molecule has 0 bridgehead atoms. The van der Waals surface area contributed by atoms with Gasteiger partial charge in [0.25, 0.3) is 0 Å². The van der Waals surface area contributed by atoms with Gasteiger partial charge in [0, 0.05) is 39.3 Å². The van der Waals surface area contributed by atoms with Crippen LogP contribution < -0.4 is 0 Å². The number of nitrogens with zero attached hydrogens (tertiary/aromatic N) is 4. The van der Waals surface area contributed by atoms with Gasteiger partial charge in [-0.1, -0.05) is 26.0 Å². The fourth-order valence-corrected chi connectivity index (χ4v) is 3.15. The Morgan fingerprint density at radius 2 is 1.05 bits per heavy atom. The quantitative estimate of drug-likeness (QED) is 0.684. The van der Waals surface area contributed by atoms with Crippen molar-refractivity contribution in [2.45, 2.75) is 26.7 Å². The molecule has 116 valence electrons. The van der Waals surface area contributed by atoms with Gasteiger partial charge in [0.2, 0.25) is 0 Å². The van der Waals surface area contributed by atoms with E-state index in [9.17, 15) is 0 Å². The average Bonchev–Trinajstić information content (AvgIpc) is 2.52. The Morgan fingerprint density at radius 1 is 0.650 bits per heavy atom. The Bertz CT molecular complexity index is 264. The molecule has 0 radical (unpaired) electrons. The van der Waals surface area contributed by atoms with Gasteiger partial charge in [-0.05, 0) is 25.9 Å². The molecule has 0 aromatic heterocycles. The third kappa shape index (κ3) is 5.17. The molecule has 20 heavy (non-hydrogen) atoms. The maximum absolute atomic E-state index is 2.55. The highest BCUT2D eigenvalue weighted by Gasteiger charge is 2.15. The Morgan fingerprint density at radius 3 is 1.45 bits per heavy atom. The molecule has 0 aromatic carbocycles. The van der Waals surface area contributed by atoms with Crippen molar-refractivity contribution in [1.29, 1.82) is 0 Å². The first-order valence-corrected chi connectivity index (χ1v) is 8.36. The molecule has 2 aliphatic rings. The minimum atomic E-state index is 1.11. The van der Waals surface area contributed by atoms with E-state index in [1.165, 1.54) is 52.1 Å². The molecule has 2 rings (SSSR count). The summed E-state index contributed by atoms with van der Waals surface area (Å²) in [6.45, 7) is 16.5. The SMILES string of the molecule is CCN1CCCN(CC=CCN2CCCN(CC)C2)C1. The van der Waals surface area contributed by atoms with E-state index in [1.54, 1.807) is 0 Å². The Balaban J connectivity index is 1.63. The van der Waals surface area contributed by atoms with Crippen molar-refractivity contribution in [3.63, 3.8) is 0 Å². The minimum absolute atomic E-state index is 1.11. The van der Waals surface area contributed by atoms with E-state index in [0.717, 1.165) is 26.4 Å². The molecule has 0 unspecified atom stereocenters. The largest absolute Gasteiger partial charge is 0.291 e. The molecule has 2 aliphatic heterocycles. The zero-order valence-electron chi connectivity index (χ0n) is 13.4. The Kier molecular flexibility index (Phi) is 7.00. The van der Waals surface area contributed by atoms with Crippen molar-refractivity contribution in [1.82, 2.24) is 19.6 Å². The van der Waals surface area contributed by atoms with E-state index in [4.69, 9.17) is 0 Å². The average molecular weight is 280 g/mol. The van der Waals surface area contributed by atoms with Crippen molar-refractivity contribution in [2.75, 3.05) is 65.7 Å². The third-order valence-corrected chi connectivity index (χ3v) is 4.49. The normalized spacial score (nSPS) is 24.7. The molecule has 0 N–H and O–H groups in total. The van der Waals surface area contributed by atoms with E-state index in [-0.39, 0.29) is 0 Å². The summed E-state index contributed by atoms with van der Waals surface area (Å²) in [5.74, 6) is 0. The smallest absolute Gasteiger partial charge is 0.0509 e. The van der Waals surface area contributed by atoms with Crippen LogP contribution in [0.4, 0.5) is 0 Å². The van der Waals surface area contributed by atoms with Crippen LogP contribution in [0.25, 0.3) is 0 Å². The second-order valence-electron chi connectivity index (χ2n) is 6.04. The lowest BCUT2D eigenvalue weighted by Gasteiger charge is -2.35. The monoisotopic (exact) mass is 280 g/mol. The summed E-state index contributed by atoms with van der Waals surface area (Å²) in [7, 11) is 0. The number of hydrogen-bond acceptors (Lipinski definition) is 4. The summed E-state index contributed by atoms with van der Waals surface area (Å²) in [5, 5.41) is 0. The maximum Gasteiger partial charge on any atom is 0.0509 e. The predicted molar refractivity (Wildman–Crippen MR) is 85.7 cm³/mol. The Hall–Kier alpha value is -0.420. The van der Waals surface area contributed by atoms with Crippen LogP contribution in [0.1, 0.15) is 26.7 Å². The fraction of sp³-hybridized carbons (Fsp3) is 0.875. The van der Waals surface area contributed by atoms with Gasteiger partial charge in [-0.15, -0.1) is 0 Å². The second kappa shape index (κ2) is 8.78. The van der Waals surface area contributed by atoms with E-state index < -0.39 is 0 Å². The van der Waals surface area contributed by atoms with E-state index in [2.05, 4.69) is 45.6 Å². The molecular weight excluding hydrogens is 248 g/mol. The predicted octanol–water partition coefficient (Wildman–Crippen LogP) is 1.51. The molecular formula is C16H32N4. The van der Waals surface area contributed by atoms with E-state index in [1.807, 2.05) is 0 Å². The highest BCUT2D eigenvalue weighted by atomic mass is 15.3. The lowest BCUT2D eigenvalue weighted by atomic mass is 10.2. The molecule has 0 aromatic rings. The minimum Gasteiger partial charge on any atom is -0.291 e. The lowest BCUT2D eigenvalue weighted by molar-refractivity contribution is 0.0977. The van der Waals surface area contributed by atoms with Gasteiger partial charge in [0.15, 0.2) is 0 Å². The van der Waals surface area contributed by atoms with Crippen molar-refractivity contribution < 1.29 is 0 Å². The standard InChI is InChI=1S/C16H32N4/c1-3-17-11-7-13-19(15-17)9-5-6-10-20-14-8-12-18(4-2)16-20/h5-6H,3-4,7-16H2,1-2H3.